The van der Waals surface area contributed by atoms with Gasteiger partial charge in [0.15, 0.2) is 0 Å². The molecule has 1 aliphatic carbocycles. The van der Waals surface area contributed by atoms with Gasteiger partial charge in [0.1, 0.15) is 12.6 Å². The summed E-state index contributed by atoms with van der Waals surface area (Å²) in [7, 11) is -4.26. The highest BCUT2D eigenvalue weighted by molar-refractivity contribution is 7.92. The number of rotatable bonds is 11. The summed E-state index contributed by atoms with van der Waals surface area (Å²) < 4.78 is 29.0. The summed E-state index contributed by atoms with van der Waals surface area (Å²) in [5.74, 6) is -0.882. The fourth-order valence-corrected chi connectivity index (χ4v) is 7.40. The van der Waals surface area contributed by atoms with Gasteiger partial charge < -0.3 is 10.2 Å². The maximum Gasteiger partial charge on any atom is 0.264 e. The molecular weight excluding hydrogens is 652 g/mol. The predicted molar refractivity (Wildman–Crippen MR) is 174 cm³/mol. The first kappa shape index (κ1) is 33.4. The molecule has 12 heteroatoms. The maximum absolute atomic E-state index is 14.2. The van der Waals surface area contributed by atoms with E-state index in [1.165, 1.54) is 35.2 Å². The minimum absolute atomic E-state index is 0.00103. The SMILES string of the molecule is CC[C@@H](C(=O)NC1CCCC1)N(Cc1ccc(Cl)c(Cl)c1)C(=O)CN(c1cc(Cl)cc(Cl)c1)S(=O)(=O)c1ccc(C)cc1. The molecule has 4 rings (SSSR count). The number of nitrogens with one attached hydrogen (secondary N) is 1. The number of sulfonamides is 1. The van der Waals surface area contributed by atoms with Crippen molar-refractivity contribution in [2.24, 2.45) is 0 Å². The molecule has 0 heterocycles. The number of carbonyl (C=O) groups is 2. The van der Waals surface area contributed by atoms with Gasteiger partial charge in [-0.2, -0.15) is 0 Å². The third kappa shape index (κ3) is 8.37. The highest BCUT2D eigenvalue weighted by Crippen LogP contribution is 2.31. The fraction of sp³-hybridized carbons (Fsp3) is 0.355. The lowest BCUT2D eigenvalue weighted by Gasteiger charge is -2.34. The van der Waals surface area contributed by atoms with Gasteiger partial charge in [-0.1, -0.05) is 89.9 Å². The van der Waals surface area contributed by atoms with Crippen LogP contribution in [0, 0.1) is 6.92 Å². The van der Waals surface area contributed by atoms with Crippen LogP contribution in [0.1, 0.15) is 50.2 Å². The van der Waals surface area contributed by atoms with Crippen molar-refractivity contribution in [3.63, 3.8) is 0 Å². The Kier molecular flexibility index (Phi) is 11.3. The molecule has 0 aromatic heterocycles. The van der Waals surface area contributed by atoms with Gasteiger partial charge in [-0.25, -0.2) is 8.42 Å². The standard InChI is InChI=1S/C31H33Cl4N3O4S/c1-3-29(31(40)36-24-6-4-5-7-24)37(18-21-10-13-27(34)28(35)14-21)30(39)19-38(25-16-22(32)15-23(33)17-25)43(41,42)26-11-8-20(2)9-12-26/h8-17,24,29H,3-7,18-19H2,1-2H3,(H,36,40)/t29-/m0/s1. The number of hydrogen-bond acceptors (Lipinski definition) is 4. The molecule has 1 fully saturated rings. The van der Waals surface area contributed by atoms with E-state index in [0.29, 0.717) is 22.0 Å². The van der Waals surface area contributed by atoms with E-state index in [9.17, 15) is 18.0 Å². The lowest BCUT2D eigenvalue weighted by Crippen LogP contribution is -2.53. The van der Waals surface area contributed by atoms with E-state index in [4.69, 9.17) is 46.4 Å². The van der Waals surface area contributed by atoms with E-state index in [1.807, 2.05) is 13.8 Å². The van der Waals surface area contributed by atoms with Crippen LogP contribution in [0.2, 0.25) is 20.1 Å². The molecule has 7 nitrogen and oxygen atoms in total. The Balaban J connectivity index is 1.75. The number of carbonyl (C=O) groups excluding carboxylic acids is 2. The van der Waals surface area contributed by atoms with Crippen molar-refractivity contribution < 1.29 is 18.0 Å². The topological polar surface area (TPSA) is 86.8 Å². The fourth-order valence-electron chi connectivity index (χ4n) is 5.17. The smallest absolute Gasteiger partial charge is 0.264 e. The van der Waals surface area contributed by atoms with E-state index in [0.717, 1.165) is 35.6 Å². The molecule has 0 saturated heterocycles. The normalized spacial score (nSPS) is 14.4. The number of amides is 2. The van der Waals surface area contributed by atoms with Crippen LogP contribution >= 0.6 is 46.4 Å². The van der Waals surface area contributed by atoms with Gasteiger partial charge >= 0.3 is 0 Å². The van der Waals surface area contributed by atoms with Crippen LogP contribution in [0.25, 0.3) is 0 Å². The highest BCUT2D eigenvalue weighted by Gasteiger charge is 2.35. The van der Waals surface area contributed by atoms with Crippen molar-refractivity contribution in [1.82, 2.24) is 10.2 Å². The molecule has 1 N–H and O–H groups in total. The maximum atomic E-state index is 14.2. The molecule has 1 aliphatic rings. The Morgan fingerprint density at radius 2 is 1.53 bits per heavy atom. The van der Waals surface area contributed by atoms with Crippen molar-refractivity contribution in [2.45, 2.75) is 69.5 Å². The Hall–Kier alpha value is -2.49. The predicted octanol–water partition coefficient (Wildman–Crippen LogP) is 7.67. The molecule has 2 amide bonds. The van der Waals surface area contributed by atoms with Crippen molar-refractivity contribution in [3.05, 3.63) is 91.9 Å². The molecule has 1 saturated carbocycles. The lowest BCUT2D eigenvalue weighted by molar-refractivity contribution is -0.140. The minimum atomic E-state index is -4.26. The zero-order valence-electron chi connectivity index (χ0n) is 23.8. The quantitative estimate of drug-likeness (QED) is 0.225. The average molecular weight is 686 g/mol. The molecule has 0 aliphatic heterocycles. The molecule has 43 heavy (non-hydrogen) atoms. The van der Waals surface area contributed by atoms with Crippen LogP contribution in [-0.2, 0) is 26.2 Å². The number of benzene rings is 3. The number of anilines is 1. The second-order valence-electron chi connectivity index (χ2n) is 10.6. The molecular formula is C31H33Cl4N3O4S. The molecule has 1 atom stereocenters. The summed E-state index contributed by atoms with van der Waals surface area (Å²) >= 11 is 24.9. The summed E-state index contributed by atoms with van der Waals surface area (Å²) in [6, 6.07) is 14.8. The van der Waals surface area contributed by atoms with Crippen LogP contribution in [-0.4, -0.2) is 43.8 Å². The Labute approximate surface area is 273 Å². The number of aryl methyl sites for hydroxylation is 1. The summed E-state index contributed by atoms with van der Waals surface area (Å²) in [6.45, 7) is 3.05. The molecule has 230 valence electrons. The molecule has 3 aromatic rings. The van der Waals surface area contributed by atoms with E-state index in [1.54, 1.807) is 30.3 Å². The van der Waals surface area contributed by atoms with Crippen LogP contribution in [0.3, 0.4) is 0 Å². The zero-order valence-corrected chi connectivity index (χ0v) is 27.7. The molecule has 0 spiro atoms. The Morgan fingerprint density at radius 3 is 2.12 bits per heavy atom. The third-order valence-electron chi connectivity index (χ3n) is 7.45. The van der Waals surface area contributed by atoms with Gasteiger partial charge in [-0.3, -0.25) is 13.9 Å². The Bertz CT molecular complexity index is 1560. The van der Waals surface area contributed by atoms with E-state index < -0.39 is 28.5 Å². The molecule has 0 unspecified atom stereocenters. The first-order chi connectivity index (χ1) is 20.4. The van der Waals surface area contributed by atoms with Gasteiger partial charge in [0.2, 0.25) is 11.8 Å². The largest absolute Gasteiger partial charge is 0.352 e. The second-order valence-corrected chi connectivity index (χ2v) is 14.2. The van der Waals surface area contributed by atoms with Crippen molar-refractivity contribution in [2.75, 3.05) is 10.8 Å². The van der Waals surface area contributed by atoms with Crippen molar-refractivity contribution >= 4 is 73.9 Å². The van der Waals surface area contributed by atoms with Crippen LogP contribution in [0.4, 0.5) is 5.69 Å². The van der Waals surface area contributed by atoms with E-state index in [-0.39, 0.29) is 39.1 Å². The first-order valence-corrected chi connectivity index (χ1v) is 16.9. The van der Waals surface area contributed by atoms with Crippen LogP contribution in [0.15, 0.2) is 65.6 Å². The van der Waals surface area contributed by atoms with E-state index in [2.05, 4.69) is 5.32 Å². The number of nitrogens with zero attached hydrogens (tertiary/aromatic N) is 2. The van der Waals surface area contributed by atoms with Gasteiger partial charge in [-0.05, 0) is 74.2 Å². The lowest BCUT2D eigenvalue weighted by atomic mass is 10.1. The zero-order chi connectivity index (χ0) is 31.3. The van der Waals surface area contributed by atoms with E-state index >= 15 is 0 Å². The van der Waals surface area contributed by atoms with Gasteiger partial charge in [-0.15, -0.1) is 0 Å². The average Bonchev–Trinajstić information content (AvgIpc) is 3.46. The summed E-state index contributed by atoms with van der Waals surface area (Å²) in [5.41, 5.74) is 1.62. The van der Waals surface area contributed by atoms with Crippen molar-refractivity contribution in [3.8, 4) is 0 Å². The third-order valence-corrected chi connectivity index (χ3v) is 10.4. The molecule has 3 aromatic carbocycles. The van der Waals surface area contributed by atoms with Crippen LogP contribution in [0.5, 0.6) is 0 Å². The second kappa shape index (κ2) is 14.5. The molecule has 0 radical (unpaired) electrons. The summed E-state index contributed by atoms with van der Waals surface area (Å²) in [4.78, 5) is 29.2. The Morgan fingerprint density at radius 1 is 0.907 bits per heavy atom. The van der Waals surface area contributed by atoms with Gasteiger partial charge in [0, 0.05) is 22.6 Å². The number of hydrogen-bond donors (Lipinski definition) is 1. The monoisotopic (exact) mass is 683 g/mol. The summed E-state index contributed by atoms with van der Waals surface area (Å²) in [6.07, 6.45) is 4.12. The molecule has 0 bridgehead atoms. The minimum Gasteiger partial charge on any atom is -0.352 e. The number of halogens is 4. The van der Waals surface area contributed by atoms with Gasteiger partial charge in [0.05, 0.1) is 20.6 Å². The van der Waals surface area contributed by atoms with Gasteiger partial charge in [0.25, 0.3) is 10.0 Å². The van der Waals surface area contributed by atoms with Crippen LogP contribution < -0.4 is 9.62 Å². The summed E-state index contributed by atoms with van der Waals surface area (Å²) in [5, 5.41) is 4.14. The first-order valence-electron chi connectivity index (χ1n) is 14.0. The van der Waals surface area contributed by atoms with Crippen molar-refractivity contribution in [1.29, 1.82) is 0 Å². The highest BCUT2D eigenvalue weighted by atomic mass is 35.5.